The Morgan fingerprint density at radius 1 is 0.889 bits per heavy atom. The van der Waals surface area contributed by atoms with E-state index >= 15 is 0 Å². The van der Waals surface area contributed by atoms with E-state index in [-0.39, 0.29) is 21.2 Å². The molecule has 1 N–H and O–H groups in total. The number of amides is 4. The lowest BCUT2D eigenvalue weighted by Gasteiger charge is -2.26. The zero-order valence-corrected chi connectivity index (χ0v) is 21.1. The highest BCUT2D eigenvalue weighted by Crippen LogP contribution is 2.30. The van der Waals surface area contributed by atoms with Crippen molar-refractivity contribution < 1.29 is 27.0 Å². The third kappa shape index (κ3) is 5.02. The first-order valence-electron chi connectivity index (χ1n) is 10.8. The number of carbonyl (C=O) groups excluding carboxylic acids is 3. The van der Waals surface area contributed by atoms with Crippen LogP contribution in [0.5, 0.6) is 5.75 Å². The van der Waals surface area contributed by atoms with E-state index in [0.717, 1.165) is 21.6 Å². The van der Waals surface area contributed by atoms with E-state index in [1.54, 1.807) is 30.3 Å². The highest BCUT2D eigenvalue weighted by Gasteiger charge is 2.37. The number of rotatable bonds is 5. The van der Waals surface area contributed by atoms with Crippen LogP contribution >= 0.6 is 11.6 Å². The number of hydrogen-bond acceptors (Lipinski definition) is 6. The van der Waals surface area contributed by atoms with Crippen LogP contribution in [0.3, 0.4) is 0 Å². The fourth-order valence-electron chi connectivity index (χ4n) is 3.47. The van der Waals surface area contributed by atoms with Gasteiger partial charge in [-0.2, -0.15) is 8.42 Å². The molecule has 0 radical (unpaired) electrons. The minimum absolute atomic E-state index is 0.0315. The van der Waals surface area contributed by atoms with Gasteiger partial charge in [0.05, 0.1) is 10.7 Å². The number of halogens is 1. The smallest absolute Gasteiger partial charge is 0.339 e. The van der Waals surface area contributed by atoms with E-state index in [1.807, 2.05) is 20.8 Å². The summed E-state index contributed by atoms with van der Waals surface area (Å²) in [6.07, 6.45) is 1.27. The van der Waals surface area contributed by atoms with Gasteiger partial charge < -0.3 is 4.18 Å². The van der Waals surface area contributed by atoms with E-state index in [0.29, 0.717) is 11.3 Å². The van der Waals surface area contributed by atoms with E-state index in [9.17, 15) is 22.8 Å². The molecule has 36 heavy (non-hydrogen) atoms. The van der Waals surface area contributed by atoms with Crippen LogP contribution in [0.2, 0.25) is 5.02 Å². The van der Waals surface area contributed by atoms with Crippen molar-refractivity contribution >= 4 is 51.3 Å². The van der Waals surface area contributed by atoms with Crippen molar-refractivity contribution in [3.8, 4) is 5.75 Å². The highest BCUT2D eigenvalue weighted by molar-refractivity contribution is 7.87. The van der Waals surface area contributed by atoms with Crippen LogP contribution in [-0.2, 0) is 19.7 Å². The second-order valence-corrected chi connectivity index (χ2v) is 10.2. The highest BCUT2D eigenvalue weighted by atomic mass is 35.5. The average molecular weight is 525 g/mol. The normalized spacial score (nSPS) is 15.3. The van der Waals surface area contributed by atoms with Crippen molar-refractivity contribution in [3.63, 3.8) is 0 Å². The maximum Gasteiger partial charge on any atom is 0.339 e. The molecular weight excluding hydrogens is 504 g/mol. The molecule has 3 aromatic rings. The van der Waals surface area contributed by atoms with Crippen LogP contribution < -0.4 is 14.4 Å². The van der Waals surface area contributed by atoms with Gasteiger partial charge in [0, 0.05) is 0 Å². The molecule has 4 rings (SSSR count). The van der Waals surface area contributed by atoms with Gasteiger partial charge in [-0.1, -0.05) is 41.4 Å². The predicted octanol–water partition coefficient (Wildman–Crippen LogP) is 4.70. The third-order valence-corrected chi connectivity index (χ3v) is 7.17. The van der Waals surface area contributed by atoms with Crippen molar-refractivity contribution in [2.45, 2.75) is 25.7 Å². The summed E-state index contributed by atoms with van der Waals surface area (Å²) in [5.74, 6) is -1.78. The lowest BCUT2D eigenvalue weighted by Crippen LogP contribution is -2.54. The maximum absolute atomic E-state index is 13.1. The molecule has 0 aromatic heterocycles. The van der Waals surface area contributed by atoms with Gasteiger partial charge in [-0.25, -0.2) is 9.69 Å². The van der Waals surface area contributed by atoms with Gasteiger partial charge in [-0.15, -0.1) is 0 Å². The SMILES string of the molecule is Cc1ccc(S(=O)(=O)Oc2ccc(/C=C3\C(=O)NC(=O)N(c4ccc(C)c(C)c4)C3=O)cc2Cl)cc1. The Balaban J connectivity index is 1.62. The van der Waals surface area contributed by atoms with Crippen molar-refractivity contribution in [2.24, 2.45) is 0 Å². The summed E-state index contributed by atoms with van der Waals surface area (Å²) in [5, 5.41) is 2.11. The molecular formula is C26H21ClN2O6S. The Hall–Kier alpha value is -3.95. The molecule has 3 aromatic carbocycles. The number of anilines is 1. The molecule has 1 heterocycles. The van der Waals surface area contributed by atoms with Gasteiger partial charge in [0.2, 0.25) is 0 Å². The monoisotopic (exact) mass is 524 g/mol. The topological polar surface area (TPSA) is 110 Å². The van der Waals surface area contributed by atoms with Gasteiger partial charge in [0.1, 0.15) is 10.5 Å². The van der Waals surface area contributed by atoms with Crippen LogP contribution in [0.25, 0.3) is 6.08 Å². The molecule has 1 aliphatic heterocycles. The molecule has 0 spiro atoms. The Morgan fingerprint density at radius 2 is 1.58 bits per heavy atom. The first-order valence-corrected chi connectivity index (χ1v) is 12.5. The maximum atomic E-state index is 13.1. The van der Waals surface area contributed by atoms with Gasteiger partial charge in [-0.05, 0) is 79.9 Å². The fraction of sp³-hybridized carbons (Fsp3) is 0.115. The number of imide groups is 2. The lowest BCUT2D eigenvalue weighted by molar-refractivity contribution is -0.122. The molecule has 4 amide bonds. The van der Waals surface area contributed by atoms with Crippen molar-refractivity contribution in [1.82, 2.24) is 5.32 Å². The zero-order chi connectivity index (χ0) is 26.2. The number of nitrogens with one attached hydrogen (secondary N) is 1. The summed E-state index contributed by atoms with van der Waals surface area (Å²) >= 11 is 6.25. The summed E-state index contributed by atoms with van der Waals surface area (Å²) in [6.45, 7) is 5.57. The number of aryl methyl sites for hydroxylation is 3. The Bertz CT molecular complexity index is 1550. The van der Waals surface area contributed by atoms with Gasteiger partial charge in [0.25, 0.3) is 11.8 Å². The second kappa shape index (κ2) is 9.60. The van der Waals surface area contributed by atoms with Gasteiger partial charge in [-0.3, -0.25) is 14.9 Å². The summed E-state index contributed by atoms with van der Waals surface area (Å²) < 4.78 is 30.3. The first kappa shape index (κ1) is 25.2. The number of urea groups is 1. The molecule has 1 saturated heterocycles. The zero-order valence-electron chi connectivity index (χ0n) is 19.5. The van der Waals surface area contributed by atoms with Crippen LogP contribution in [-0.4, -0.2) is 26.3 Å². The standard InChI is InChI=1S/C26H21ClN2O6S/c1-15-4-9-20(10-5-15)36(33,34)35-23-11-7-18(14-22(23)27)13-21-24(30)28-26(32)29(25(21)31)19-8-6-16(2)17(3)12-19/h4-14H,1-3H3,(H,28,30,32)/b21-13+. The second-order valence-electron chi connectivity index (χ2n) is 8.27. The molecule has 10 heteroatoms. The Labute approximate surface area is 213 Å². The van der Waals surface area contributed by atoms with E-state index in [4.69, 9.17) is 15.8 Å². The third-order valence-electron chi connectivity index (χ3n) is 5.63. The van der Waals surface area contributed by atoms with Crippen LogP contribution in [0.15, 0.2) is 71.1 Å². The molecule has 0 atom stereocenters. The Kier molecular flexibility index (Phi) is 6.71. The number of carbonyl (C=O) groups is 3. The van der Waals surface area contributed by atoms with E-state index < -0.39 is 28.0 Å². The molecule has 1 fully saturated rings. The molecule has 0 bridgehead atoms. The summed E-state index contributed by atoms with van der Waals surface area (Å²) in [5.41, 5.74) is 3.11. The van der Waals surface area contributed by atoms with E-state index in [2.05, 4.69) is 5.32 Å². The summed E-state index contributed by atoms with van der Waals surface area (Å²) in [6, 6.07) is 14.5. The van der Waals surface area contributed by atoms with Gasteiger partial charge >= 0.3 is 16.1 Å². The van der Waals surface area contributed by atoms with Gasteiger partial charge in [0.15, 0.2) is 5.75 Å². The quantitative estimate of drug-likeness (QED) is 0.294. The predicted molar refractivity (Wildman–Crippen MR) is 135 cm³/mol. The largest absolute Gasteiger partial charge is 0.377 e. The molecule has 0 aliphatic carbocycles. The number of benzene rings is 3. The summed E-state index contributed by atoms with van der Waals surface area (Å²) in [7, 11) is -4.12. The van der Waals surface area contributed by atoms with Crippen molar-refractivity contribution in [1.29, 1.82) is 0 Å². The molecule has 8 nitrogen and oxygen atoms in total. The minimum atomic E-state index is -4.12. The van der Waals surface area contributed by atoms with Crippen molar-refractivity contribution in [2.75, 3.05) is 4.90 Å². The number of hydrogen-bond donors (Lipinski definition) is 1. The van der Waals surface area contributed by atoms with Crippen LogP contribution in [0, 0.1) is 20.8 Å². The average Bonchev–Trinajstić information content (AvgIpc) is 2.81. The van der Waals surface area contributed by atoms with Crippen LogP contribution in [0.1, 0.15) is 22.3 Å². The fourth-order valence-corrected chi connectivity index (χ4v) is 4.69. The van der Waals surface area contributed by atoms with E-state index in [1.165, 1.54) is 36.4 Å². The number of nitrogens with zero attached hydrogens (tertiary/aromatic N) is 1. The molecule has 184 valence electrons. The summed E-state index contributed by atoms with van der Waals surface area (Å²) in [4.78, 5) is 38.8. The first-order chi connectivity index (χ1) is 17.0. The lowest BCUT2D eigenvalue weighted by atomic mass is 10.1. The molecule has 1 aliphatic rings. The molecule has 0 saturated carbocycles. The van der Waals surface area contributed by atoms with Crippen LogP contribution in [0.4, 0.5) is 10.5 Å². The minimum Gasteiger partial charge on any atom is -0.377 e. The number of barbiturate groups is 1. The Morgan fingerprint density at radius 3 is 2.22 bits per heavy atom. The van der Waals surface area contributed by atoms with Crippen molar-refractivity contribution in [3.05, 3.63) is 93.5 Å². The molecule has 0 unspecified atom stereocenters.